The molecule has 2 unspecified atom stereocenters. The number of allylic oxidation sites excluding steroid dienone is 12. The van der Waals surface area contributed by atoms with Crippen LogP contribution in [0.15, 0.2) is 72.9 Å². The number of aliphatic hydroxyl groups excluding tert-OH is 4. The van der Waals surface area contributed by atoms with Gasteiger partial charge in [-0.25, -0.2) is 0 Å². The summed E-state index contributed by atoms with van der Waals surface area (Å²) >= 11 is 0. The van der Waals surface area contributed by atoms with Gasteiger partial charge in [0.15, 0.2) is 12.4 Å². The second kappa shape index (κ2) is 37.4. The normalized spacial score (nSPS) is 21.0. The molecule has 0 amide bonds. The monoisotopic (exact) mass is 803 g/mol. The van der Waals surface area contributed by atoms with Gasteiger partial charge in [0.2, 0.25) is 0 Å². The highest BCUT2D eigenvalue weighted by atomic mass is 16.7. The average molecular weight is 803 g/mol. The van der Waals surface area contributed by atoms with Gasteiger partial charge in [-0.3, -0.25) is 9.59 Å². The Labute approximate surface area is 344 Å². The second-order valence-corrected chi connectivity index (χ2v) is 14.8. The summed E-state index contributed by atoms with van der Waals surface area (Å²) in [6, 6.07) is 0. The number of hydrogen-bond donors (Lipinski definition) is 4. The highest BCUT2D eigenvalue weighted by Gasteiger charge is 2.44. The van der Waals surface area contributed by atoms with E-state index in [0.717, 1.165) is 57.8 Å². The Morgan fingerprint density at radius 3 is 1.56 bits per heavy atom. The van der Waals surface area contributed by atoms with Crippen LogP contribution in [0.5, 0.6) is 0 Å². The number of hydrogen-bond acceptors (Lipinski definition) is 10. The third-order valence-electron chi connectivity index (χ3n) is 9.56. The molecule has 0 aliphatic carbocycles. The van der Waals surface area contributed by atoms with Crippen LogP contribution in [-0.4, -0.2) is 89.0 Å². The fourth-order valence-electron chi connectivity index (χ4n) is 6.03. The van der Waals surface area contributed by atoms with E-state index < -0.39 is 55.4 Å². The maximum absolute atomic E-state index is 12.7. The van der Waals surface area contributed by atoms with Crippen molar-refractivity contribution in [3.05, 3.63) is 72.9 Å². The van der Waals surface area contributed by atoms with Gasteiger partial charge in [0.25, 0.3) is 0 Å². The number of rotatable bonds is 35. The van der Waals surface area contributed by atoms with Gasteiger partial charge in [-0.1, -0.05) is 132 Å². The Kier molecular flexibility index (Phi) is 34.2. The van der Waals surface area contributed by atoms with Crippen molar-refractivity contribution in [2.24, 2.45) is 0 Å². The third kappa shape index (κ3) is 29.1. The molecule has 1 fully saturated rings. The van der Waals surface area contributed by atoms with Crippen LogP contribution in [0.4, 0.5) is 0 Å². The number of unbranched alkanes of at least 4 members (excludes halogenated alkanes) is 12. The van der Waals surface area contributed by atoms with Crippen LogP contribution in [0.25, 0.3) is 0 Å². The van der Waals surface area contributed by atoms with Crippen molar-refractivity contribution >= 4 is 11.9 Å². The lowest BCUT2D eigenvalue weighted by atomic mass is 9.99. The van der Waals surface area contributed by atoms with E-state index in [1.165, 1.54) is 57.8 Å². The molecule has 6 atom stereocenters. The smallest absolute Gasteiger partial charge is 0.306 e. The van der Waals surface area contributed by atoms with Gasteiger partial charge in [0.05, 0.1) is 13.2 Å². The molecule has 0 saturated carbocycles. The fraction of sp³-hybridized carbons (Fsp3) is 0.702. The molecule has 1 aliphatic rings. The van der Waals surface area contributed by atoms with Crippen molar-refractivity contribution in [3.63, 3.8) is 0 Å². The van der Waals surface area contributed by atoms with Crippen LogP contribution >= 0.6 is 0 Å². The van der Waals surface area contributed by atoms with E-state index in [2.05, 4.69) is 80.7 Å². The molecule has 4 N–H and O–H groups in total. The minimum absolute atomic E-state index is 0.172. The van der Waals surface area contributed by atoms with Crippen LogP contribution in [-0.2, 0) is 28.5 Å². The van der Waals surface area contributed by atoms with E-state index >= 15 is 0 Å². The minimum atomic E-state index is -1.61. The lowest BCUT2D eigenvalue weighted by molar-refractivity contribution is -0.305. The summed E-state index contributed by atoms with van der Waals surface area (Å²) in [5, 5.41) is 40.0. The van der Waals surface area contributed by atoms with Crippen molar-refractivity contribution in [1.29, 1.82) is 0 Å². The molecule has 0 bridgehead atoms. The Morgan fingerprint density at radius 1 is 0.544 bits per heavy atom. The highest BCUT2D eigenvalue weighted by Crippen LogP contribution is 2.22. The van der Waals surface area contributed by atoms with E-state index in [0.29, 0.717) is 12.8 Å². The van der Waals surface area contributed by atoms with Crippen LogP contribution in [0.3, 0.4) is 0 Å². The van der Waals surface area contributed by atoms with Gasteiger partial charge < -0.3 is 39.4 Å². The van der Waals surface area contributed by atoms with Gasteiger partial charge in [-0.2, -0.15) is 0 Å². The van der Waals surface area contributed by atoms with Gasteiger partial charge in [-0.15, -0.1) is 0 Å². The quantitative estimate of drug-likeness (QED) is 0.0277. The van der Waals surface area contributed by atoms with E-state index in [1.807, 2.05) is 6.08 Å². The Balaban J connectivity index is 2.42. The van der Waals surface area contributed by atoms with Crippen molar-refractivity contribution in [2.45, 2.75) is 192 Å². The second-order valence-electron chi connectivity index (χ2n) is 14.8. The van der Waals surface area contributed by atoms with Crippen LogP contribution in [0.1, 0.15) is 155 Å². The number of aliphatic hydroxyl groups is 4. The minimum Gasteiger partial charge on any atom is -0.462 e. The fourth-order valence-corrected chi connectivity index (χ4v) is 6.03. The molecule has 326 valence electrons. The molecule has 1 saturated heterocycles. The Hall–Kier alpha value is -2.86. The predicted octanol–water partition coefficient (Wildman–Crippen LogP) is 9.22. The first-order valence-electron chi connectivity index (χ1n) is 22.0. The molecule has 1 aliphatic heterocycles. The first-order valence-corrected chi connectivity index (χ1v) is 22.0. The molecule has 0 aromatic heterocycles. The Bertz CT molecular complexity index is 1160. The number of carbonyl (C=O) groups excluding carboxylic acids is 2. The lowest BCUT2D eigenvalue weighted by Crippen LogP contribution is -2.59. The largest absolute Gasteiger partial charge is 0.462 e. The van der Waals surface area contributed by atoms with Gasteiger partial charge >= 0.3 is 11.9 Å². The summed E-state index contributed by atoms with van der Waals surface area (Å²) in [4.78, 5) is 25.3. The van der Waals surface area contributed by atoms with Crippen molar-refractivity contribution in [3.8, 4) is 0 Å². The summed E-state index contributed by atoms with van der Waals surface area (Å²) in [5.41, 5.74) is 0. The summed E-state index contributed by atoms with van der Waals surface area (Å²) in [6.07, 6.45) is 39.1. The number of carbonyl (C=O) groups is 2. The highest BCUT2D eigenvalue weighted by molar-refractivity contribution is 5.70. The number of ether oxygens (including phenoxy) is 4. The zero-order chi connectivity index (χ0) is 41.6. The van der Waals surface area contributed by atoms with Crippen molar-refractivity contribution in [2.75, 3.05) is 19.8 Å². The van der Waals surface area contributed by atoms with Gasteiger partial charge in [-0.05, 0) is 83.5 Å². The van der Waals surface area contributed by atoms with E-state index in [4.69, 9.17) is 18.9 Å². The lowest BCUT2D eigenvalue weighted by Gasteiger charge is -2.39. The Morgan fingerprint density at radius 2 is 1.00 bits per heavy atom. The van der Waals surface area contributed by atoms with E-state index in [1.54, 1.807) is 0 Å². The van der Waals surface area contributed by atoms with Crippen LogP contribution in [0, 0.1) is 0 Å². The first kappa shape index (κ1) is 52.2. The third-order valence-corrected chi connectivity index (χ3v) is 9.56. The molecule has 0 spiro atoms. The molecule has 57 heavy (non-hydrogen) atoms. The standard InChI is InChI=1S/C47H78O10/c1-3-5-7-9-11-13-15-17-19-20-22-23-25-27-29-31-33-35-42(49)54-38-40(39-55-47-46(53)45(52)44(51)41(37-48)57-47)56-43(50)36-34-32-30-28-26-24-21-18-16-14-12-10-8-6-4-2/h11,13,17-19,21-23,26-29,40-41,44-48,51-53H,3-10,12,14-16,20,24-25,30-39H2,1-2H3/b13-11+,19-17+,21-18+,23-22+,28-26+,29-27+/t40-,41-,44+,45?,46?,47-/m0/s1. The molecule has 1 heterocycles. The molecule has 1 rings (SSSR count). The SMILES string of the molecule is CCCCC/C=C/C/C=C/C/C=C/C/C=C/CCCC(=O)OC[C@@H](CO[C@H]1O[C@@H](CO)[C@@H](O)C(O)C1O)OC(=O)CCCC/C=C/C/C=C/CCCCCCCC. The molecule has 0 aromatic rings. The number of esters is 2. The van der Waals surface area contributed by atoms with Gasteiger partial charge in [0.1, 0.15) is 31.0 Å². The maximum atomic E-state index is 12.7. The molecular formula is C47H78O10. The topological polar surface area (TPSA) is 152 Å². The van der Waals surface area contributed by atoms with Crippen LogP contribution in [0.2, 0.25) is 0 Å². The summed E-state index contributed by atoms with van der Waals surface area (Å²) < 4.78 is 22.0. The predicted molar refractivity (Wildman–Crippen MR) is 228 cm³/mol. The summed E-state index contributed by atoms with van der Waals surface area (Å²) in [7, 11) is 0. The zero-order valence-corrected chi connectivity index (χ0v) is 35.3. The van der Waals surface area contributed by atoms with Crippen molar-refractivity contribution < 1.29 is 49.0 Å². The van der Waals surface area contributed by atoms with Crippen molar-refractivity contribution in [1.82, 2.24) is 0 Å². The average Bonchev–Trinajstić information content (AvgIpc) is 3.21. The molecule has 0 radical (unpaired) electrons. The van der Waals surface area contributed by atoms with Gasteiger partial charge in [0, 0.05) is 12.8 Å². The van der Waals surface area contributed by atoms with E-state index in [-0.39, 0.29) is 26.1 Å². The molecule has 10 nitrogen and oxygen atoms in total. The summed E-state index contributed by atoms with van der Waals surface area (Å²) in [5.74, 6) is -0.917. The maximum Gasteiger partial charge on any atom is 0.306 e. The molecule has 0 aromatic carbocycles. The molecule has 10 heteroatoms. The summed E-state index contributed by atoms with van der Waals surface area (Å²) in [6.45, 7) is 3.28. The zero-order valence-electron chi connectivity index (χ0n) is 35.3. The van der Waals surface area contributed by atoms with Crippen LogP contribution < -0.4 is 0 Å². The molecular weight excluding hydrogens is 725 g/mol. The van der Waals surface area contributed by atoms with E-state index in [9.17, 15) is 30.0 Å². The first-order chi connectivity index (χ1) is 27.8.